The van der Waals surface area contributed by atoms with Gasteiger partial charge in [-0.15, -0.1) is 12.4 Å². The highest BCUT2D eigenvalue weighted by Crippen LogP contribution is 2.51. The standard InChI is InChI=1S/C12H15ClN2O.ClH/c1-12-4-8(12)2-10(15-12)7-16-11-3-9(13)5-14-6-11;/h3,5-6,8,10,15H,2,4,7H2,1H3;1H/t8-,10?,12+;/m0./s1. The molecule has 0 aromatic carbocycles. The molecule has 2 heterocycles. The summed E-state index contributed by atoms with van der Waals surface area (Å²) < 4.78 is 5.68. The first-order chi connectivity index (χ1) is 7.66. The van der Waals surface area contributed by atoms with Gasteiger partial charge in [-0.1, -0.05) is 11.6 Å². The number of aromatic nitrogens is 1. The Morgan fingerprint density at radius 1 is 1.59 bits per heavy atom. The van der Waals surface area contributed by atoms with Crippen molar-refractivity contribution in [1.29, 1.82) is 0 Å². The zero-order valence-corrected chi connectivity index (χ0v) is 11.2. The molecule has 1 aromatic rings. The van der Waals surface area contributed by atoms with Crippen LogP contribution in [0.5, 0.6) is 5.75 Å². The van der Waals surface area contributed by atoms with Gasteiger partial charge < -0.3 is 10.1 Å². The molecule has 17 heavy (non-hydrogen) atoms. The van der Waals surface area contributed by atoms with E-state index in [1.165, 1.54) is 12.8 Å². The van der Waals surface area contributed by atoms with Gasteiger partial charge >= 0.3 is 0 Å². The van der Waals surface area contributed by atoms with Gasteiger partial charge in [-0.25, -0.2) is 0 Å². The van der Waals surface area contributed by atoms with E-state index in [9.17, 15) is 0 Å². The first-order valence-electron chi connectivity index (χ1n) is 5.67. The van der Waals surface area contributed by atoms with Crippen LogP contribution in [0.15, 0.2) is 18.5 Å². The average Bonchev–Trinajstić information content (AvgIpc) is 2.75. The zero-order valence-electron chi connectivity index (χ0n) is 9.65. The summed E-state index contributed by atoms with van der Waals surface area (Å²) in [7, 11) is 0. The van der Waals surface area contributed by atoms with E-state index in [2.05, 4.69) is 17.2 Å². The fourth-order valence-corrected chi connectivity index (χ4v) is 2.78. The highest BCUT2D eigenvalue weighted by atomic mass is 35.5. The maximum atomic E-state index is 5.83. The molecule has 0 bridgehead atoms. The molecule has 1 N–H and O–H groups in total. The van der Waals surface area contributed by atoms with E-state index >= 15 is 0 Å². The molecule has 3 atom stereocenters. The number of hydrogen-bond acceptors (Lipinski definition) is 3. The topological polar surface area (TPSA) is 34.1 Å². The van der Waals surface area contributed by atoms with E-state index in [4.69, 9.17) is 16.3 Å². The number of pyridine rings is 1. The number of hydrogen-bond donors (Lipinski definition) is 1. The van der Waals surface area contributed by atoms with Gasteiger partial charge in [0.15, 0.2) is 0 Å². The van der Waals surface area contributed by atoms with Gasteiger partial charge in [0.05, 0.1) is 11.2 Å². The van der Waals surface area contributed by atoms with Crippen LogP contribution in [0, 0.1) is 5.92 Å². The maximum absolute atomic E-state index is 5.83. The predicted molar refractivity (Wildman–Crippen MR) is 70.0 cm³/mol. The largest absolute Gasteiger partial charge is 0.490 e. The van der Waals surface area contributed by atoms with Gasteiger partial charge in [-0.3, -0.25) is 4.98 Å². The van der Waals surface area contributed by atoms with Gasteiger partial charge in [0, 0.05) is 23.8 Å². The van der Waals surface area contributed by atoms with Crippen LogP contribution in [0.4, 0.5) is 0 Å². The summed E-state index contributed by atoms with van der Waals surface area (Å²) in [5.41, 5.74) is 0.403. The van der Waals surface area contributed by atoms with Gasteiger partial charge in [0.2, 0.25) is 0 Å². The molecule has 1 unspecified atom stereocenters. The van der Waals surface area contributed by atoms with E-state index in [1.54, 1.807) is 18.5 Å². The SMILES string of the molecule is C[C@@]12C[C@@H]1CC(COc1cncc(Cl)c1)N2.Cl. The Labute approximate surface area is 112 Å². The Balaban J connectivity index is 0.00000108. The summed E-state index contributed by atoms with van der Waals surface area (Å²) >= 11 is 5.83. The molecular formula is C12H16Cl2N2O. The van der Waals surface area contributed by atoms with E-state index in [1.807, 2.05) is 0 Å². The number of ether oxygens (including phenoxy) is 1. The Kier molecular flexibility index (Phi) is 3.53. The van der Waals surface area contributed by atoms with Crippen molar-refractivity contribution in [1.82, 2.24) is 10.3 Å². The van der Waals surface area contributed by atoms with Gasteiger partial charge in [-0.05, 0) is 25.7 Å². The van der Waals surface area contributed by atoms with Crippen molar-refractivity contribution in [2.75, 3.05) is 6.61 Å². The summed E-state index contributed by atoms with van der Waals surface area (Å²) in [6, 6.07) is 2.27. The van der Waals surface area contributed by atoms with Crippen LogP contribution in [0.3, 0.4) is 0 Å². The Hall–Kier alpha value is -0.510. The van der Waals surface area contributed by atoms with Crippen LogP contribution in [-0.2, 0) is 0 Å². The van der Waals surface area contributed by atoms with Crippen LogP contribution in [0.25, 0.3) is 0 Å². The number of halogens is 2. The summed E-state index contributed by atoms with van der Waals surface area (Å²) in [5.74, 6) is 1.61. The summed E-state index contributed by atoms with van der Waals surface area (Å²) in [5, 5.41) is 4.23. The highest BCUT2D eigenvalue weighted by Gasteiger charge is 2.56. The Morgan fingerprint density at radius 2 is 2.41 bits per heavy atom. The van der Waals surface area contributed by atoms with E-state index in [0.29, 0.717) is 23.2 Å². The van der Waals surface area contributed by atoms with Crippen molar-refractivity contribution >= 4 is 24.0 Å². The minimum absolute atomic E-state index is 0. The highest BCUT2D eigenvalue weighted by molar-refractivity contribution is 6.30. The third-order valence-corrected chi connectivity index (χ3v) is 3.85. The normalized spacial score (nSPS) is 33.8. The quantitative estimate of drug-likeness (QED) is 0.921. The van der Waals surface area contributed by atoms with Crippen molar-refractivity contribution < 1.29 is 4.74 Å². The molecule has 2 aliphatic rings. The summed E-state index contributed by atoms with van der Waals surface area (Å²) in [6.07, 6.45) is 5.86. The van der Waals surface area contributed by atoms with Crippen molar-refractivity contribution in [3.63, 3.8) is 0 Å². The predicted octanol–water partition coefficient (Wildman–Crippen LogP) is 2.68. The van der Waals surface area contributed by atoms with E-state index < -0.39 is 0 Å². The fraction of sp³-hybridized carbons (Fsp3) is 0.583. The molecule has 1 aromatic heterocycles. The lowest BCUT2D eigenvalue weighted by Crippen LogP contribution is -2.36. The molecule has 1 aliphatic carbocycles. The average molecular weight is 275 g/mol. The monoisotopic (exact) mass is 274 g/mol. The Morgan fingerprint density at radius 3 is 3.06 bits per heavy atom. The Bertz CT molecular complexity index is 415. The number of rotatable bonds is 3. The van der Waals surface area contributed by atoms with Gasteiger partial charge in [0.1, 0.15) is 12.4 Å². The minimum atomic E-state index is 0. The molecule has 0 radical (unpaired) electrons. The minimum Gasteiger partial charge on any atom is -0.490 e. The number of nitrogens with zero attached hydrogens (tertiary/aromatic N) is 1. The second kappa shape index (κ2) is 4.63. The van der Waals surface area contributed by atoms with Crippen molar-refractivity contribution in [3.8, 4) is 5.75 Å². The molecule has 1 saturated heterocycles. The number of nitrogens with one attached hydrogen (secondary N) is 1. The van der Waals surface area contributed by atoms with E-state index in [0.717, 1.165) is 11.7 Å². The first kappa shape index (κ1) is 12.9. The lowest BCUT2D eigenvalue weighted by atomic mass is 10.2. The van der Waals surface area contributed by atoms with Crippen LogP contribution in [0.2, 0.25) is 5.02 Å². The second-order valence-corrected chi connectivity index (χ2v) is 5.48. The molecule has 1 aliphatic heterocycles. The molecule has 5 heteroatoms. The van der Waals surface area contributed by atoms with Crippen LogP contribution in [-0.4, -0.2) is 23.2 Å². The van der Waals surface area contributed by atoms with Crippen LogP contribution >= 0.6 is 24.0 Å². The smallest absolute Gasteiger partial charge is 0.139 e. The van der Waals surface area contributed by atoms with Gasteiger partial charge in [0.25, 0.3) is 0 Å². The third kappa shape index (κ3) is 2.67. The zero-order chi connectivity index (χ0) is 11.2. The van der Waals surface area contributed by atoms with Crippen molar-refractivity contribution in [2.24, 2.45) is 5.92 Å². The molecule has 2 fully saturated rings. The second-order valence-electron chi connectivity index (χ2n) is 5.05. The molecule has 0 amide bonds. The molecule has 94 valence electrons. The lowest BCUT2D eigenvalue weighted by Gasteiger charge is -2.16. The van der Waals surface area contributed by atoms with Gasteiger partial charge in [-0.2, -0.15) is 0 Å². The molecule has 3 nitrogen and oxygen atoms in total. The number of piperidine rings is 1. The lowest BCUT2D eigenvalue weighted by molar-refractivity contribution is 0.261. The van der Waals surface area contributed by atoms with E-state index in [-0.39, 0.29) is 12.4 Å². The first-order valence-corrected chi connectivity index (χ1v) is 6.04. The van der Waals surface area contributed by atoms with Crippen LogP contribution < -0.4 is 10.1 Å². The molecular weight excluding hydrogens is 259 g/mol. The number of fused-ring (bicyclic) bond motifs is 1. The van der Waals surface area contributed by atoms with Crippen LogP contribution in [0.1, 0.15) is 19.8 Å². The summed E-state index contributed by atoms with van der Waals surface area (Å²) in [4.78, 5) is 3.99. The third-order valence-electron chi connectivity index (χ3n) is 3.65. The maximum Gasteiger partial charge on any atom is 0.139 e. The summed E-state index contributed by atoms with van der Waals surface area (Å²) in [6.45, 7) is 2.99. The fourth-order valence-electron chi connectivity index (χ4n) is 2.62. The van der Waals surface area contributed by atoms with Crippen molar-refractivity contribution in [2.45, 2.75) is 31.3 Å². The molecule has 0 spiro atoms. The molecule has 1 saturated carbocycles. The molecule has 3 rings (SSSR count). The van der Waals surface area contributed by atoms with Crippen molar-refractivity contribution in [3.05, 3.63) is 23.5 Å².